The monoisotopic (exact) mass is 730 g/mol. The number of hydrogen-bond acceptors (Lipinski definition) is 2. The van der Waals surface area contributed by atoms with E-state index in [0.29, 0.717) is 0 Å². The lowest BCUT2D eigenvalue weighted by Crippen LogP contribution is -2.16. The van der Waals surface area contributed by atoms with Gasteiger partial charge in [0, 0.05) is 32.7 Å². The van der Waals surface area contributed by atoms with E-state index in [1.165, 1.54) is 27.8 Å². The van der Waals surface area contributed by atoms with Crippen molar-refractivity contribution in [1.29, 1.82) is 0 Å². The maximum atomic E-state index is 6.24. The van der Waals surface area contributed by atoms with Crippen LogP contribution in [0.1, 0.15) is 62.6 Å². The third kappa shape index (κ3) is 5.34. The van der Waals surface area contributed by atoms with Crippen LogP contribution in [-0.2, 0) is 10.8 Å². The number of hydrogen-bond donors (Lipinski definition) is 0. The van der Waals surface area contributed by atoms with Crippen LogP contribution in [0.25, 0.3) is 77.6 Å². The topological polar surface area (TPSA) is 25.8 Å². The zero-order valence-electron chi connectivity index (χ0n) is 33.0. The molecule has 0 fully saturated rings. The molecule has 10 rings (SSSR count). The number of fused-ring (bicyclic) bond motifs is 7. The molecule has 2 heteroatoms. The molecule has 0 N–H and O–H groups in total. The highest BCUT2D eigenvalue weighted by Gasteiger charge is 2.37. The van der Waals surface area contributed by atoms with E-state index in [1.54, 1.807) is 0 Å². The van der Waals surface area contributed by atoms with Crippen molar-refractivity contribution in [2.24, 2.45) is 0 Å². The highest BCUT2D eigenvalue weighted by molar-refractivity contribution is 6.13. The van der Waals surface area contributed by atoms with Gasteiger partial charge in [0.2, 0.25) is 0 Å². The minimum Gasteiger partial charge on any atom is -0.246 e. The van der Waals surface area contributed by atoms with Crippen molar-refractivity contribution in [3.05, 3.63) is 191 Å². The second-order valence-corrected chi connectivity index (χ2v) is 16.6. The van der Waals surface area contributed by atoms with Crippen LogP contribution in [0.2, 0.25) is 0 Å². The number of terminal acetylenes is 1. The molecule has 8 aromatic rings. The standard InChI is InChI=1S/C55H42N2/c1-7-38-39-22-14-16-24-46(39)54(3,4)48(38)30-34(2)50-32-44(35-18-10-8-11-19-35)42-28-29-43-45(36-20-12-9-13-21-36)33-51(57-53(43)52(42)56-50)37-26-27-41-40-23-15-17-25-47(40)55(5,6)49(41)31-37/h1,8-33H,2-6H3/b34-30+. The summed E-state index contributed by atoms with van der Waals surface area (Å²) in [4.78, 5) is 11.1. The van der Waals surface area contributed by atoms with E-state index in [2.05, 4.69) is 198 Å². The predicted octanol–water partition coefficient (Wildman–Crippen LogP) is 13.9. The van der Waals surface area contributed by atoms with Gasteiger partial charge in [-0.1, -0.05) is 173 Å². The fraction of sp³-hybridized carbons (Fsp3) is 0.127. The van der Waals surface area contributed by atoms with Crippen molar-refractivity contribution >= 4 is 33.0 Å². The summed E-state index contributed by atoms with van der Waals surface area (Å²) in [7, 11) is 0. The third-order valence-electron chi connectivity index (χ3n) is 12.5. The quantitative estimate of drug-likeness (QED) is 0.130. The van der Waals surface area contributed by atoms with Crippen LogP contribution in [0, 0.1) is 12.3 Å². The van der Waals surface area contributed by atoms with Crippen LogP contribution >= 0.6 is 0 Å². The van der Waals surface area contributed by atoms with E-state index < -0.39 is 0 Å². The van der Waals surface area contributed by atoms with Crippen LogP contribution in [0.3, 0.4) is 0 Å². The molecule has 0 radical (unpaired) electrons. The van der Waals surface area contributed by atoms with Gasteiger partial charge in [-0.3, -0.25) is 0 Å². The third-order valence-corrected chi connectivity index (χ3v) is 12.5. The van der Waals surface area contributed by atoms with Crippen molar-refractivity contribution in [2.75, 3.05) is 0 Å². The van der Waals surface area contributed by atoms with Gasteiger partial charge in [0.15, 0.2) is 0 Å². The lowest BCUT2D eigenvalue weighted by Gasteiger charge is -2.23. The van der Waals surface area contributed by atoms with E-state index in [1.807, 2.05) is 0 Å². The van der Waals surface area contributed by atoms with E-state index in [4.69, 9.17) is 16.4 Å². The first kappa shape index (κ1) is 34.7. The molecule has 57 heavy (non-hydrogen) atoms. The molecule has 0 aliphatic heterocycles. The SMILES string of the molecule is C#CC1=C(/C=C(\C)c2cc(-c3ccccc3)c3ccc4c(-c5ccccc5)cc(-c5ccc6c(c5)C(C)(C)c5ccccc5-6)nc4c3n2)C(C)(C)c2ccccc21. The van der Waals surface area contributed by atoms with Crippen molar-refractivity contribution < 1.29 is 0 Å². The van der Waals surface area contributed by atoms with E-state index >= 15 is 0 Å². The second-order valence-electron chi connectivity index (χ2n) is 16.6. The first-order chi connectivity index (χ1) is 27.6. The van der Waals surface area contributed by atoms with Gasteiger partial charge in [0.25, 0.3) is 0 Å². The molecule has 6 aromatic carbocycles. The van der Waals surface area contributed by atoms with Gasteiger partial charge in [-0.25, -0.2) is 9.97 Å². The Morgan fingerprint density at radius 2 is 1.05 bits per heavy atom. The molecule has 0 amide bonds. The van der Waals surface area contributed by atoms with Crippen LogP contribution in [0.4, 0.5) is 0 Å². The molecule has 0 unspecified atom stereocenters. The largest absolute Gasteiger partial charge is 0.246 e. The number of pyridine rings is 2. The smallest absolute Gasteiger partial charge is 0.0978 e. The summed E-state index contributed by atoms with van der Waals surface area (Å²) in [5, 5.41) is 2.14. The zero-order valence-corrected chi connectivity index (χ0v) is 33.0. The lowest BCUT2D eigenvalue weighted by molar-refractivity contribution is 0.654. The number of nitrogens with zero attached hydrogens (tertiary/aromatic N) is 2. The zero-order chi connectivity index (χ0) is 39.1. The highest BCUT2D eigenvalue weighted by Crippen LogP contribution is 2.50. The molecule has 0 bridgehead atoms. The minimum absolute atomic E-state index is 0.122. The van der Waals surface area contributed by atoms with Gasteiger partial charge in [-0.05, 0) is 91.9 Å². The molecule has 0 spiro atoms. The van der Waals surface area contributed by atoms with Crippen molar-refractivity contribution in [2.45, 2.75) is 45.4 Å². The Morgan fingerprint density at radius 3 is 1.70 bits per heavy atom. The predicted molar refractivity (Wildman–Crippen MR) is 240 cm³/mol. The fourth-order valence-corrected chi connectivity index (χ4v) is 9.45. The van der Waals surface area contributed by atoms with Gasteiger partial charge in [0.05, 0.1) is 22.4 Å². The highest BCUT2D eigenvalue weighted by atomic mass is 14.8. The van der Waals surface area contributed by atoms with E-state index in [0.717, 1.165) is 83.3 Å². The normalized spacial score (nSPS) is 15.1. The molecule has 2 aliphatic rings. The lowest BCUT2D eigenvalue weighted by atomic mass is 9.80. The molecule has 2 heterocycles. The number of rotatable bonds is 5. The van der Waals surface area contributed by atoms with E-state index in [9.17, 15) is 0 Å². The van der Waals surface area contributed by atoms with Crippen LogP contribution in [0.15, 0.2) is 163 Å². The molecular weight excluding hydrogens is 689 g/mol. The van der Waals surface area contributed by atoms with Crippen molar-refractivity contribution in [3.8, 4) is 57.0 Å². The fourth-order valence-electron chi connectivity index (χ4n) is 9.45. The first-order valence-electron chi connectivity index (χ1n) is 19.8. The van der Waals surface area contributed by atoms with Gasteiger partial charge in [-0.2, -0.15) is 0 Å². The second kappa shape index (κ2) is 12.9. The maximum Gasteiger partial charge on any atom is 0.0978 e. The van der Waals surface area contributed by atoms with Gasteiger partial charge >= 0.3 is 0 Å². The molecule has 2 aromatic heterocycles. The van der Waals surface area contributed by atoms with Crippen LogP contribution < -0.4 is 0 Å². The minimum atomic E-state index is -0.252. The number of allylic oxidation sites excluding steroid dienone is 4. The van der Waals surface area contributed by atoms with E-state index in [-0.39, 0.29) is 10.8 Å². The summed E-state index contributed by atoms with van der Waals surface area (Å²) in [6, 6.07) is 54.5. The molecule has 0 atom stereocenters. The summed E-state index contributed by atoms with van der Waals surface area (Å²) < 4.78 is 0. The Balaban J connectivity index is 1.24. The summed E-state index contributed by atoms with van der Waals surface area (Å²) >= 11 is 0. The van der Waals surface area contributed by atoms with Crippen LogP contribution in [0.5, 0.6) is 0 Å². The number of aromatic nitrogens is 2. The first-order valence-corrected chi connectivity index (χ1v) is 19.8. The molecular formula is C55H42N2. The average Bonchev–Trinajstić information content (AvgIpc) is 3.61. The van der Waals surface area contributed by atoms with Crippen molar-refractivity contribution in [1.82, 2.24) is 9.97 Å². The summed E-state index contributed by atoms with van der Waals surface area (Å²) in [6.07, 6.45) is 8.51. The van der Waals surface area contributed by atoms with Crippen LogP contribution in [-0.4, -0.2) is 9.97 Å². The van der Waals surface area contributed by atoms with Gasteiger partial charge in [-0.15, -0.1) is 6.42 Å². The molecule has 272 valence electrons. The molecule has 2 nitrogen and oxygen atoms in total. The Hall–Kier alpha value is -6.82. The van der Waals surface area contributed by atoms with Gasteiger partial charge in [0.1, 0.15) is 0 Å². The summed E-state index contributed by atoms with van der Waals surface area (Å²) in [5.74, 6) is 3.05. The average molecular weight is 731 g/mol. The Bertz CT molecular complexity index is 3060. The Kier molecular flexibility index (Phi) is 7.83. The summed E-state index contributed by atoms with van der Waals surface area (Å²) in [5.41, 5.74) is 19.7. The molecule has 0 saturated carbocycles. The number of benzene rings is 6. The molecule has 0 saturated heterocycles. The van der Waals surface area contributed by atoms with Crippen molar-refractivity contribution in [3.63, 3.8) is 0 Å². The molecule has 2 aliphatic carbocycles. The Morgan fingerprint density at radius 1 is 0.509 bits per heavy atom. The summed E-state index contributed by atoms with van der Waals surface area (Å²) in [6.45, 7) is 11.4. The van der Waals surface area contributed by atoms with Gasteiger partial charge < -0.3 is 0 Å². The Labute approximate surface area is 335 Å². The maximum absolute atomic E-state index is 6.24.